The first-order valence-corrected chi connectivity index (χ1v) is 6.48. The first-order valence-electron chi connectivity index (χ1n) is 6.48. The van der Waals surface area contributed by atoms with Crippen molar-refractivity contribution in [2.75, 3.05) is 0 Å². The van der Waals surface area contributed by atoms with E-state index in [2.05, 4.69) is 23.2 Å². The van der Waals surface area contributed by atoms with Crippen LogP contribution in [0.2, 0.25) is 0 Å². The fraction of sp³-hybridized carbons (Fsp3) is 0.500. The summed E-state index contributed by atoms with van der Waals surface area (Å²) < 4.78 is 2.03. The molecule has 2 heterocycles. The van der Waals surface area contributed by atoms with Gasteiger partial charge in [-0.3, -0.25) is 4.40 Å². The summed E-state index contributed by atoms with van der Waals surface area (Å²) in [6, 6.07) is 5.76. The van der Waals surface area contributed by atoms with Gasteiger partial charge in [-0.1, -0.05) is 26.2 Å². The summed E-state index contributed by atoms with van der Waals surface area (Å²) in [4.78, 5) is 0. The van der Waals surface area contributed by atoms with Crippen molar-refractivity contribution in [2.45, 2.75) is 44.4 Å². The lowest BCUT2D eigenvalue weighted by Crippen LogP contribution is -2.27. The van der Waals surface area contributed by atoms with Crippen LogP contribution in [0.1, 0.15) is 50.4 Å². The van der Waals surface area contributed by atoms with Crippen LogP contribution in [-0.2, 0) is 5.41 Å². The van der Waals surface area contributed by atoms with Gasteiger partial charge in [0, 0.05) is 17.7 Å². The van der Waals surface area contributed by atoms with Crippen molar-refractivity contribution in [3.63, 3.8) is 0 Å². The van der Waals surface area contributed by atoms with Gasteiger partial charge in [-0.2, -0.15) is 5.26 Å². The molecular formula is C14H16N4. The van der Waals surface area contributed by atoms with E-state index in [9.17, 15) is 0 Å². The van der Waals surface area contributed by atoms with E-state index in [4.69, 9.17) is 5.26 Å². The van der Waals surface area contributed by atoms with Crippen molar-refractivity contribution in [3.8, 4) is 6.07 Å². The number of aromatic nitrogens is 3. The van der Waals surface area contributed by atoms with Crippen LogP contribution in [0, 0.1) is 11.3 Å². The highest BCUT2D eigenvalue weighted by Gasteiger charge is 2.33. The quantitative estimate of drug-likeness (QED) is 0.770. The molecule has 0 bridgehead atoms. The second kappa shape index (κ2) is 4.09. The van der Waals surface area contributed by atoms with Gasteiger partial charge in [0.2, 0.25) is 0 Å². The molecule has 4 heteroatoms. The molecule has 2 aromatic rings. The number of pyridine rings is 1. The fourth-order valence-electron chi connectivity index (χ4n) is 2.93. The van der Waals surface area contributed by atoms with Gasteiger partial charge in [-0.25, -0.2) is 0 Å². The SMILES string of the molecule is CC1(c2nnc3cc(C#N)ccn23)CCCCC1. The Kier molecular flexibility index (Phi) is 2.55. The van der Waals surface area contributed by atoms with E-state index in [0.717, 1.165) is 11.5 Å². The van der Waals surface area contributed by atoms with E-state index in [1.807, 2.05) is 16.7 Å². The number of hydrogen-bond acceptors (Lipinski definition) is 3. The summed E-state index contributed by atoms with van der Waals surface area (Å²) in [6.07, 6.45) is 8.12. The monoisotopic (exact) mass is 240 g/mol. The zero-order valence-electron chi connectivity index (χ0n) is 10.6. The van der Waals surface area contributed by atoms with Crippen molar-refractivity contribution >= 4 is 5.65 Å². The van der Waals surface area contributed by atoms with Crippen LogP contribution in [-0.4, -0.2) is 14.6 Å². The molecule has 1 aliphatic rings. The van der Waals surface area contributed by atoms with Gasteiger partial charge >= 0.3 is 0 Å². The van der Waals surface area contributed by atoms with Gasteiger partial charge in [0.25, 0.3) is 0 Å². The van der Waals surface area contributed by atoms with Crippen LogP contribution in [0.15, 0.2) is 18.3 Å². The van der Waals surface area contributed by atoms with E-state index < -0.39 is 0 Å². The zero-order valence-corrected chi connectivity index (χ0v) is 10.6. The summed E-state index contributed by atoms with van der Waals surface area (Å²) >= 11 is 0. The molecule has 0 N–H and O–H groups in total. The molecular weight excluding hydrogens is 224 g/mol. The summed E-state index contributed by atoms with van der Waals surface area (Å²) in [5, 5.41) is 17.5. The summed E-state index contributed by atoms with van der Waals surface area (Å²) in [5.41, 5.74) is 1.54. The highest BCUT2D eigenvalue weighted by Crippen LogP contribution is 2.37. The van der Waals surface area contributed by atoms with Crippen LogP contribution >= 0.6 is 0 Å². The lowest BCUT2D eigenvalue weighted by atomic mass is 9.75. The van der Waals surface area contributed by atoms with Crippen LogP contribution < -0.4 is 0 Å². The molecule has 0 aromatic carbocycles. The number of nitrogens with zero attached hydrogens (tertiary/aromatic N) is 4. The van der Waals surface area contributed by atoms with E-state index >= 15 is 0 Å². The maximum atomic E-state index is 8.90. The minimum atomic E-state index is 0.131. The third-order valence-corrected chi connectivity index (χ3v) is 4.04. The molecule has 0 atom stereocenters. The first-order chi connectivity index (χ1) is 8.73. The van der Waals surface area contributed by atoms with Gasteiger partial charge in [0.05, 0.1) is 11.6 Å². The minimum absolute atomic E-state index is 0.131. The van der Waals surface area contributed by atoms with Gasteiger partial charge in [0.1, 0.15) is 5.82 Å². The minimum Gasteiger partial charge on any atom is -0.286 e. The van der Waals surface area contributed by atoms with Gasteiger partial charge in [0.15, 0.2) is 5.65 Å². The smallest absolute Gasteiger partial charge is 0.162 e. The Hall–Kier alpha value is -1.89. The van der Waals surface area contributed by atoms with E-state index in [0.29, 0.717) is 5.56 Å². The number of nitriles is 1. The predicted molar refractivity (Wildman–Crippen MR) is 68.1 cm³/mol. The third kappa shape index (κ3) is 1.67. The first kappa shape index (κ1) is 11.2. The lowest BCUT2D eigenvalue weighted by Gasteiger charge is -2.31. The molecule has 92 valence electrons. The maximum Gasteiger partial charge on any atom is 0.162 e. The Balaban J connectivity index is 2.10. The standard InChI is InChI=1S/C14H16N4/c1-14(6-3-2-4-7-14)13-17-16-12-9-11(10-15)5-8-18(12)13/h5,8-9H,2-4,6-7H2,1H3. The fourth-order valence-corrected chi connectivity index (χ4v) is 2.93. The molecule has 1 saturated carbocycles. The van der Waals surface area contributed by atoms with Gasteiger partial charge < -0.3 is 0 Å². The van der Waals surface area contributed by atoms with Crippen LogP contribution in [0.25, 0.3) is 5.65 Å². The second-order valence-corrected chi connectivity index (χ2v) is 5.40. The Bertz CT molecular complexity index is 614. The zero-order chi connectivity index (χ0) is 12.6. The average Bonchev–Trinajstić information content (AvgIpc) is 2.83. The normalized spacial score (nSPS) is 18.7. The molecule has 0 amide bonds. The Morgan fingerprint density at radius 1 is 1.28 bits per heavy atom. The molecule has 0 unspecified atom stereocenters. The Labute approximate surface area is 106 Å². The largest absolute Gasteiger partial charge is 0.286 e. The highest BCUT2D eigenvalue weighted by molar-refractivity contribution is 5.46. The van der Waals surface area contributed by atoms with E-state index in [1.165, 1.54) is 32.1 Å². The molecule has 2 aromatic heterocycles. The topological polar surface area (TPSA) is 54.0 Å². The third-order valence-electron chi connectivity index (χ3n) is 4.04. The van der Waals surface area contributed by atoms with Crippen molar-refractivity contribution in [1.29, 1.82) is 5.26 Å². The lowest BCUT2D eigenvalue weighted by molar-refractivity contribution is 0.302. The van der Waals surface area contributed by atoms with E-state index in [-0.39, 0.29) is 5.41 Å². The van der Waals surface area contributed by atoms with E-state index in [1.54, 1.807) is 6.07 Å². The second-order valence-electron chi connectivity index (χ2n) is 5.40. The number of hydrogen-bond donors (Lipinski definition) is 0. The number of fused-ring (bicyclic) bond motifs is 1. The molecule has 1 fully saturated rings. The summed E-state index contributed by atoms with van der Waals surface area (Å²) in [5.74, 6) is 1.04. The molecule has 0 saturated heterocycles. The van der Waals surface area contributed by atoms with Crippen molar-refractivity contribution < 1.29 is 0 Å². The van der Waals surface area contributed by atoms with Crippen LogP contribution in [0.5, 0.6) is 0 Å². The molecule has 0 spiro atoms. The molecule has 0 radical (unpaired) electrons. The molecule has 0 aliphatic heterocycles. The summed E-state index contributed by atoms with van der Waals surface area (Å²) in [6.45, 7) is 2.28. The predicted octanol–water partition coefficient (Wildman–Crippen LogP) is 2.82. The number of rotatable bonds is 1. The molecule has 1 aliphatic carbocycles. The van der Waals surface area contributed by atoms with Crippen molar-refractivity contribution in [1.82, 2.24) is 14.6 Å². The van der Waals surface area contributed by atoms with Crippen LogP contribution in [0.4, 0.5) is 0 Å². The summed E-state index contributed by atoms with van der Waals surface area (Å²) in [7, 11) is 0. The average molecular weight is 240 g/mol. The molecule has 4 nitrogen and oxygen atoms in total. The van der Waals surface area contributed by atoms with Crippen molar-refractivity contribution in [3.05, 3.63) is 29.7 Å². The Morgan fingerprint density at radius 2 is 2.06 bits per heavy atom. The maximum absolute atomic E-state index is 8.90. The van der Waals surface area contributed by atoms with Gasteiger partial charge in [-0.05, 0) is 18.9 Å². The van der Waals surface area contributed by atoms with Crippen LogP contribution in [0.3, 0.4) is 0 Å². The molecule has 18 heavy (non-hydrogen) atoms. The molecule has 3 rings (SSSR count). The van der Waals surface area contributed by atoms with Gasteiger partial charge in [-0.15, -0.1) is 10.2 Å². The highest BCUT2D eigenvalue weighted by atomic mass is 15.3. The Morgan fingerprint density at radius 3 is 2.78 bits per heavy atom. The van der Waals surface area contributed by atoms with Crippen molar-refractivity contribution in [2.24, 2.45) is 0 Å².